The molecule has 2 bridgehead atoms. The van der Waals surface area contributed by atoms with Crippen molar-refractivity contribution in [3.8, 4) is 0 Å². The molecule has 0 spiro atoms. The normalized spacial score (nSPS) is 33.3. The molecule has 2 aliphatic rings. The van der Waals surface area contributed by atoms with E-state index in [4.69, 9.17) is 25.8 Å². The van der Waals surface area contributed by atoms with Gasteiger partial charge in [-0.2, -0.15) is 0 Å². The maximum Gasteiger partial charge on any atom is 0.303 e. The van der Waals surface area contributed by atoms with E-state index in [0.717, 1.165) is 0 Å². The van der Waals surface area contributed by atoms with Crippen molar-refractivity contribution in [3.63, 3.8) is 0 Å². The van der Waals surface area contributed by atoms with Gasteiger partial charge in [0.05, 0.1) is 12.6 Å². The number of alkyl halides is 1. The number of carbonyl (C=O) groups is 2. The van der Waals surface area contributed by atoms with Crippen LogP contribution in [0.1, 0.15) is 17.3 Å². The Balaban J connectivity index is 1.79. The minimum atomic E-state index is -0.675. The number of halogens is 1. The Hall–Kier alpha value is -1.63. The van der Waals surface area contributed by atoms with Gasteiger partial charge in [0.25, 0.3) is 5.91 Å². The molecule has 7 heteroatoms. The zero-order valence-electron chi connectivity index (χ0n) is 11.9. The third-order valence-corrected chi connectivity index (χ3v) is 4.17. The van der Waals surface area contributed by atoms with Crippen LogP contribution in [0, 0.1) is 0 Å². The summed E-state index contributed by atoms with van der Waals surface area (Å²) in [6, 6.07) is 8.18. The third-order valence-electron chi connectivity index (χ3n) is 3.69. The average molecular weight is 326 g/mol. The quantitative estimate of drug-likeness (QED) is 0.665. The summed E-state index contributed by atoms with van der Waals surface area (Å²) in [6.45, 7) is 1.59. The van der Waals surface area contributed by atoms with E-state index < -0.39 is 35.9 Å². The molecule has 5 unspecified atom stereocenters. The highest BCUT2D eigenvalue weighted by Crippen LogP contribution is 2.33. The second kappa shape index (κ2) is 6.24. The van der Waals surface area contributed by atoms with Crippen molar-refractivity contribution in [2.75, 3.05) is 6.61 Å². The van der Waals surface area contributed by atoms with Gasteiger partial charge in [-0.05, 0) is 12.1 Å². The fourth-order valence-electron chi connectivity index (χ4n) is 2.69. The van der Waals surface area contributed by atoms with Crippen molar-refractivity contribution in [3.05, 3.63) is 35.9 Å². The van der Waals surface area contributed by atoms with E-state index in [9.17, 15) is 9.59 Å². The summed E-state index contributed by atoms with van der Waals surface area (Å²) in [4.78, 5) is 23.7. The average Bonchev–Trinajstić information content (AvgIpc) is 2.95. The van der Waals surface area contributed by atoms with Crippen LogP contribution >= 0.6 is 11.6 Å². The van der Waals surface area contributed by atoms with E-state index in [1.807, 2.05) is 6.07 Å². The molecular formula is C15H16ClNO5. The summed E-state index contributed by atoms with van der Waals surface area (Å²) in [5.74, 6) is -0.739. The van der Waals surface area contributed by atoms with Crippen molar-refractivity contribution in [2.45, 2.75) is 36.8 Å². The molecule has 118 valence electrons. The number of nitrogens with one attached hydrogen (secondary N) is 1. The molecule has 0 aromatic heterocycles. The third kappa shape index (κ3) is 2.95. The van der Waals surface area contributed by atoms with E-state index in [1.54, 1.807) is 24.3 Å². The van der Waals surface area contributed by atoms with Gasteiger partial charge in [-0.15, -0.1) is 11.6 Å². The first-order valence-corrected chi connectivity index (χ1v) is 7.44. The highest BCUT2D eigenvalue weighted by molar-refractivity contribution is 6.21. The molecule has 1 aromatic carbocycles. The lowest BCUT2D eigenvalue weighted by Gasteiger charge is -2.38. The molecule has 0 saturated carbocycles. The number of amides is 1. The number of esters is 1. The molecule has 1 aromatic rings. The molecule has 1 amide bonds. The van der Waals surface area contributed by atoms with Gasteiger partial charge in [0.15, 0.2) is 12.4 Å². The lowest BCUT2D eigenvalue weighted by Crippen LogP contribution is -2.60. The molecular weight excluding hydrogens is 310 g/mol. The zero-order valence-corrected chi connectivity index (χ0v) is 12.7. The van der Waals surface area contributed by atoms with Crippen LogP contribution in [0.5, 0.6) is 0 Å². The topological polar surface area (TPSA) is 73.9 Å². The lowest BCUT2D eigenvalue weighted by atomic mass is 9.99. The molecule has 2 aliphatic heterocycles. The predicted molar refractivity (Wildman–Crippen MR) is 77.5 cm³/mol. The SMILES string of the molecule is CC(=O)OC1C2COC(O2)C(Cl)C1NC(=O)c1ccccc1. The molecule has 6 nitrogen and oxygen atoms in total. The second-order valence-corrected chi connectivity index (χ2v) is 5.76. The Bertz CT molecular complexity index is 566. The minimum Gasteiger partial charge on any atom is -0.457 e. The van der Waals surface area contributed by atoms with Crippen LogP contribution in [0.2, 0.25) is 0 Å². The molecule has 2 fully saturated rings. The Morgan fingerprint density at radius 3 is 2.73 bits per heavy atom. The van der Waals surface area contributed by atoms with E-state index >= 15 is 0 Å². The monoisotopic (exact) mass is 325 g/mol. The van der Waals surface area contributed by atoms with E-state index in [-0.39, 0.29) is 12.5 Å². The van der Waals surface area contributed by atoms with Gasteiger partial charge in [-0.1, -0.05) is 18.2 Å². The predicted octanol–water partition coefficient (Wildman–Crippen LogP) is 1.08. The maximum atomic E-state index is 12.3. The van der Waals surface area contributed by atoms with Gasteiger partial charge in [0, 0.05) is 12.5 Å². The Kier molecular flexibility index (Phi) is 4.33. The van der Waals surface area contributed by atoms with Crippen LogP contribution in [0.25, 0.3) is 0 Å². The van der Waals surface area contributed by atoms with E-state index in [2.05, 4.69) is 5.32 Å². The number of hydrogen-bond acceptors (Lipinski definition) is 5. The van der Waals surface area contributed by atoms with Gasteiger partial charge in [0.1, 0.15) is 11.5 Å². The standard InChI is InChI=1S/C15H16ClNO5/c1-8(18)21-13-10-7-20-15(22-10)11(16)12(13)17-14(19)9-5-3-2-4-6-9/h2-6,10-13,15H,7H2,1H3,(H,17,19). The molecule has 2 saturated heterocycles. The minimum absolute atomic E-state index is 0.281. The molecule has 2 heterocycles. The number of hydrogen-bond donors (Lipinski definition) is 1. The fourth-order valence-corrected chi connectivity index (χ4v) is 3.03. The van der Waals surface area contributed by atoms with Gasteiger partial charge in [-0.3, -0.25) is 9.59 Å². The van der Waals surface area contributed by atoms with Crippen molar-refractivity contribution >= 4 is 23.5 Å². The Morgan fingerprint density at radius 2 is 2.05 bits per heavy atom. The van der Waals surface area contributed by atoms with Crippen molar-refractivity contribution < 1.29 is 23.8 Å². The molecule has 5 atom stereocenters. The molecule has 0 aliphatic carbocycles. The van der Waals surface area contributed by atoms with E-state index in [0.29, 0.717) is 5.56 Å². The first-order chi connectivity index (χ1) is 10.6. The van der Waals surface area contributed by atoms with E-state index in [1.165, 1.54) is 6.92 Å². The summed E-state index contributed by atoms with van der Waals surface area (Å²) in [7, 11) is 0. The number of fused-ring (bicyclic) bond motifs is 2. The Morgan fingerprint density at radius 1 is 1.32 bits per heavy atom. The van der Waals surface area contributed by atoms with Crippen LogP contribution in [-0.4, -0.2) is 48.4 Å². The molecule has 1 N–H and O–H groups in total. The van der Waals surface area contributed by atoms with Gasteiger partial charge in [-0.25, -0.2) is 0 Å². The van der Waals surface area contributed by atoms with Crippen molar-refractivity contribution in [1.82, 2.24) is 5.32 Å². The van der Waals surface area contributed by atoms with Crippen molar-refractivity contribution in [1.29, 1.82) is 0 Å². The van der Waals surface area contributed by atoms with Crippen LogP contribution in [-0.2, 0) is 19.0 Å². The van der Waals surface area contributed by atoms with Crippen LogP contribution < -0.4 is 5.32 Å². The number of ether oxygens (including phenoxy) is 3. The highest BCUT2D eigenvalue weighted by atomic mass is 35.5. The lowest BCUT2D eigenvalue weighted by molar-refractivity contribution is -0.169. The fraction of sp³-hybridized carbons (Fsp3) is 0.467. The van der Waals surface area contributed by atoms with Crippen LogP contribution in [0.4, 0.5) is 0 Å². The van der Waals surface area contributed by atoms with Crippen LogP contribution in [0.3, 0.4) is 0 Å². The molecule has 0 radical (unpaired) electrons. The zero-order chi connectivity index (χ0) is 15.7. The Labute approximate surface area is 132 Å². The summed E-state index contributed by atoms with van der Waals surface area (Å²) in [5, 5.41) is 2.19. The number of carbonyl (C=O) groups excluding carboxylic acids is 2. The summed E-state index contributed by atoms with van der Waals surface area (Å²) in [5.41, 5.74) is 0.507. The maximum absolute atomic E-state index is 12.3. The van der Waals surface area contributed by atoms with Crippen LogP contribution in [0.15, 0.2) is 30.3 Å². The summed E-state index contributed by atoms with van der Waals surface area (Å²) >= 11 is 6.33. The van der Waals surface area contributed by atoms with Crippen molar-refractivity contribution in [2.24, 2.45) is 0 Å². The molecule has 22 heavy (non-hydrogen) atoms. The largest absolute Gasteiger partial charge is 0.457 e. The van der Waals surface area contributed by atoms with Gasteiger partial charge in [0.2, 0.25) is 0 Å². The first-order valence-electron chi connectivity index (χ1n) is 7.00. The van der Waals surface area contributed by atoms with Gasteiger partial charge >= 0.3 is 5.97 Å². The summed E-state index contributed by atoms with van der Waals surface area (Å²) in [6.07, 6.45) is -1.71. The number of benzene rings is 1. The molecule has 3 rings (SSSR count). The first kappa shape index (κ1) is 15.3. The smallest absolute Gasteiger partial charge is 0.303 e. The summed E-state index contributed by atoms with van der Waals surface area (Å²) < 4.78 is 16.3. The second-order valence-electron chi connectivity index (χ2n) is 5.26. The number of rotatable bonds is 3. The van der Waals surface area contributed by atoms with Gasteiger partial charge < -0.3 is 19.5 Å². The highest BCUT2D eigenvalue weighted by Gasteiger charge is 2.52.